The van der Waals surface area contributed by atoms with Crippen molar-refractivity contribution >= 4 is 11.8 Å². The highest BCUT2D eigenvalue weighted by Gasteiger charge is 2.20. The second kappa shape index (κ2) is 7.41. The van der Waals surface area contributed by atoms with E-state index in [0.717, 1.165) is 41.9 Å². The number of aryl methyl sites for hydroxylation is 1. The normalized spacial score (nSPS) is 17.6. The van der Waals surface area contributed by atoms with Crippen LogP contribution < -0.4 is 4.74 Å². The highest BCUT2D eigenvalue weighted by Crippen LogP contribution is 2.27. The molecule has 1 saturated heterocycles. The molecule has 1 aliphatic heterocycles. The molecule has 2 heterocycles. The summed E-state index contributed by atoms with van der Waals surface area (Å²) < 4.78 is 13.4. The Hall–Kier alpha value is -1.46. The Morgan fingerprint density at radius 3 is 3.00 bits per heavy atom. The van der Waals surface area contributed by atoms with Gasteiger partial charge in [0.1, 0.15) is 5.75 Å². The minimum absolute atomic E-state index is 0.332. The highest BCUT2D eigenvalue weighted by atomic mass is 32.2. The number of methoxy groups -OCH3 is 1. The molecule has 4 nitrogen and oxygen atoms in total. The molecular weight excluding hydrogens is 308 g/mol. The lowest BCUT2D eigenvalue weighted by molar-refractivity contribution is 0.0945. The lowest BCUT2D eigenvalue weighted by Gasteiger charge is -2.14. The van der Waals surface area contributed by atoms with Gasteiger partial charge in [0.05, 0.1) is 25.5 Å². The van der Waals surface area contributed by atoms with Gasteiger partial charge in [-0.3, -0.25) is 0 Å². The van der Waals surface area contributed by atoms with Gasteiger partial charge in [0.25, 0.3) is 0 Å². The van der Waals surface area contributed by atoms with Gasteiger partial charge >= 0.3 is 0 Å². The zero-order valence-electron chi connectivity index (χ0n) is 14.0. The van der Waals surface area contributed by atoms with Gasteiger partial charge in [0, 0.05) is 18.1 Å². The van der Waals surface area contributed by atoms with E-state index in [1.807, 2.05) is 12.1 Å². The van der Waals surface area contributed by atoms with Gasteiger partial charge < -0.3 is 14.0 Å². The van der Waals surface area contributed by atoms with Crippen molar-refractivity contribution in [3.63, 3.8) is 0 Å². The molecule has 3 rings (SSSR count). The maximum absolute atomic E-state index is 5.79. The zero-order chi connectivity index (χ0) is 16.2. The number of ether oxygens (including phenoxy) is 2. The predicted molar refractivity (Wildman–Crippen MR) is 93.2 cm³/mol. The molecule has 0 aliphatic carbocycles. The number of aromatic nitrogens is 2. The monoisotopic (exact) mass is 332 g/mol. The van der Waals surface area contributed by atoms with Gasteiger partial charge in [-0.15, -0.1) is 0 Å². The van der Waals surface area contributed by atoms with E-state index in [1.54, 1.807) is 18.9 Å². The van der Waals surface area contributed by atoms with Gasteiger partial charge in [0.2, 0.25) is 0 Å². The van der Waals surface area contributed by atoms with Crippen molar-refractivity contribution in [3.05, 3.63) is 41.2 Å². The Labute approximate surface area is 142 Å². The van der Waals surface area contributed by atoms with Crippen LogP contribution in [0.1, 0.15) is 29.8 Å². The molecule has 0 spiro atoms. The minimum atomic E-state index is 0.332. The smallest absolute Gasteiger partial charge is 0.168 e. The van der Waals surface area contributed by atoms with Crippen molar-refractivity contribution in [2.45, 2.75) is 50.2 Å². The summed E-state index contributed by atoms with van der Waals surface area (Å²) in [5.74, 6) is 1.79. The Bertz CT molecular complexity index is 663. The van der Waals surface area contributed by atoms with Crippen LogP contribution in [0.3, 0.4) is 0 Å². The average Bonchev–Trinajstić information content (AvgIpc) is 3.17. The van der Waals surface area contributed by atoms with Crippen molar-refractivity contribution in [2.24, 2.45) is 0 Å². The summed E-state index contributed by atoms with van der Waals surface area (Å²) in [7, 11) is 1.70. The summed E-state index contributed by atoms with van der Waals surface area (Å²) in [6.45, 7) is 6.03. The number of hydrogen-bond acceptors (Lipinski definition) is 4. The van der Waals surface area contributed by atoms with E-state index >= 15 is 0 Å². The Kier molecular flexibility index (Phi) is 5.28. The molecular formula is C18H24N2O2S. The third kappa shape index (κ3) is 3.90. The topological polar surface area (TPSA) is 36.3 Å². The number of rotatable bonds is 6. The molecule has 1 aliphatic rings. The largest absolute Gasteiger partial charge is 0.497 e. The third-order valence-electron chi connectivity index (χ3n) is 4.34. The van der Waals surface area contributed by atoms with Crippen LogP contribution in [0.2, 0.25) is 0 Å². The van der Waals surface area contributed by atoms with Crippen molar-refractivity contribution < 1.29 is 9.47 Å². The number of nitrogens with zero attached hydrogens (tertiary/aromatic N) is 2. The van der Waals surface area contributed by atoms with Gasteiger partial charge in [-0.25, -0.2) is 4.98 Å². The first-order valence-corrected chi connectivity index (χ1v) is 9.07. The Morgan fingerprint density at radius 2 is 2.26 bits per heavy atom. The van der Waals surface area contributed by atoms with Gasteiger partial charge in [-0.1, -0.05) is 23.9 Å². The summed E-state index contributed by atoms with van der Waals surface area (Å²) in [5, 5.41) is 1.08. The number of benzene rings is 1. The fourth-order valence-corrected chi connectivity index (χ4v) is 3.89. The van der Waals surface area contributed by atoms with E-state index in [-0.39, 0.29) is 0 Å². The predicted octanol–water partition coefficient (Wildman–Crippen LogP) is 3.98. The van der Waals surface area contributed by atoms with E-state index in [1.165, 1.54) is 17.7 Å². The third-order valence-corrected chi connectivity index (χ3v) is 5.38. The van der Waals surface area contributed by atoms with Gasteiger partial charge in [-0.2, -0.15) is 0 Å². The number of hydrogen-bond donors (Lipinski definition) is 0. The summed E-state index contributed by atoms with van der Waals surface area (Å²) in [6.07, 6.45) is 2.65. The minimum Gasteiger partial charge on any atom is -0.497 e. The van der Waals surface area contributed by atoms with Crippen LogP contribution in [-0.4, -0.2) is 29.4 Å². The molecule has 1 unspecified atom stereocenters. The van der Waals surface area contributed by atoms with Crippen molar-refractivity contribution in [1.29, 1.82) is 0 Å². The molecule has 124 valence electrons. The Morgan fingerprint density at radius 1 is 1.39 bits per heavy atom. The first kappa shape index (κ1) is 16.4. The van der Waals surface area contributed by atoms with Crippen molar-refractivity contribution in [2.75, 3.05) is 13.7 Å². The van der Waals surface area contributed by atoms with Crippen LogP contribution in [0.5, 0.6) is 5.75 Å². The van der Waals surface area contributed by atoms with E-state index in [2.05, 4.69) is 30.5 Å². The first-order valence-electron chi connectivity index (χ1n) is 8.08. The van der Waals surface area contributed by atoms with Crippen LogP contribution >= 0.6 is 11.8 Å². The maximum atomic E-state index is 5.79. The average molecular weight is 332 g/mol. The molecule has 1 aromatic heterocycles. The fraction of sp³-hybridized carbons (Fsp3) is 0.500. The number of imidazole rings is 1. The summed E-state index contributed by atoms with van der Waals surface area (Å²) in [6, 6.07) is 8.22. The molecule has 0 bridgehead atoms. The van der Waals surface area contributed by atoms with E-state index in [9.17, 15) is 0 Å². The lowest BCUT2D eigenvalue weighted by Crippen LogP contribution is -2.16. The summed E-state index contributed by atoms with van der Waals surface area (Å²) >= 11 is 1.78. The van der Waals surface area contributed by atoms with Crippen LogP contribution in [0.4, 0.5) is 0 Å². The van der Waals surface area contributed by atoms with Crippen molar-refractivity contribution in [3.8, 4) is 5.75 Å². The van der Waals surface area contributed by atoms with Crippen LogP contribution in [0.15, 0.2) is 29.4 Å². The van der Waals surface area contributed by atoms with Crippen LogP contribution in [0, 0.1) is 13.8 Å². The standard InChI is InChI=1S/C18H24N2O2S/c1-13-14(2)20(11-17-8-5-9-22-17)18(19-13)23-12-15-6-4-7-16(10-15)21-3/h4,6-7,10,17H,5,8-9,11-12H2,1-3H3. The molecule has 5 heteroatoms. The summed E-state index contributed by atoms with van der Waals surface area (Å²) in [5.41, 5.74) is 3.60. The van der Waals surface area contributed by atoms with E-state index in [4.69, 9.17) is 14.5 Å². The molecule has 0 radical (unpaired) electrons. The molecule has 1 fully saturated rings. The maximum Gasteiger partial charge on any atom is 0.168 e. The fourth-order valence-electron chi connectivity index (χ4n) is 2.85. The summed E-state index contributed by atoms with van der Waals surface area (Å²) in [4.78, 5) is 4.75. The SMILES string of the molecule is COc1cccc(CSc2nc(C)c(C)n2CC2CCCO2)c1. The van der Waals surface area contributed by atoms with E-state index < -0.39 is 0 Å². The Balaban J connectivity index is 1.72. The van der Waals surface area contributed by atoms with E-state index in [0.29, 0.717) is 6.10 Å². The van der Waals surface area contributed by atoms with Crippen LogP contribution in [0.25, 0.3) is 0 Å². The molecule has 0 amide bonds. The molecule has 23 heavy (non-hydrogen) atoms. The lowest BCUT2D eigenvalue weighted by atomic mass is 10.2. The van der Waals surface area contributed by atoms with Crippen molar-refractivity contribution in [1.82, 2.24) is 9.55 Å². The van der Waals surface area contributed by atoms with Gasteiger partial charge in [-0.05, 0) is 44.4 Å². The molecule has 1 atom stereocenters. The van der Waals surface area contributed by atoms with Gasteiger partial charge in [0.15, 0.2) is 5.16 Å². The molecule has 2 aromatic rings. The molecule has 0 saturated carbocycles. The number of thioether (sulfide) groups is 1. The quantitative estimate of drug-likeness (QED) is 0.750. The molecule has 1 aromatic carbocycles. The van der Waals surface area contributed by atoms with Crippen LogP contribution in [-0.2, 0) is 17.0 Å². The molecule has 0 N–H and O–H groups in total. The highest BCUT2D eigenvalue weighted by molar-refractivity contribution is 7.98. The second-order valence-corrected chi connectivity index (χ2v) is 6.89. The zero-order valence-corrected chi connectivity index (χ0v) is 14.9. The first-order chi connectivity index (χ1) is 11.2. The second-order valence-electron chi connectivity index (χ2n) is 5.95.